The molecule has 1 aromatic carbocycles. The van der Waals surface area contributed by atoms with Crippen molar-refractivity contribution >= 4 is 21.9 Å². The van der Waals surface area contributed by atoms with Gasteiger partial charge in [0.2, 0.25) is 0 Å². The topological polar surface area (TPSA) is 55.8 Å². The average Bonchev–Trinajstić information content (AvgIpc) is 2.33. The molecule has 0 radical (unpaired) electrons. The number of halogens is 1. The van der Waals surface area contributed by atoms with Crippen LogP contribution in [0.25, 0.3) is 0 Å². The van der Waals surface area contributed by atoms with E-state index in [2.05, 4.69) is 20.7 Å². The van der Waals surface area contributed by atoms with Crippen molar-refractivity contribution in [2.75, 3.05) is 7.11 Å². The van der Waals surface area contributed by atoms with Gasteiger partial charge in [-0.05, 0) is 52.9 Å². The molecule has 0 bridgehead atoms. The molecule has 18 heavy (non-hydrogen) atoms. The first-order chi connectivity index (χ1) is 8.61. The van der Waals surface area contributed by atoms with E-state index < -0.39 is 12.1 Å². The SMILES string of the molecule is COC(=O)C(O)c1ccc(OC2CCC2)c(Br)c1. The highest BCUT2D eigenvalue weighted by molar-refractivity contribution is 9.10. The summed E-state index contributed by atoms with van der Waals surface area (Å²) in [5, 5.41) is 9.71. The van der Waals surface area contributed by atoms with E-state index in [-0.39, 0.29) is 6.10 Å². The summed E-state index contributed by atoms with van der Waals surface area (Å²) in [4.78, 5) is 11.2. The summed E-state index contributed by atoms with van der Waals surface area (Å²) in [5.41, 5.74) is 0.481. The fourth-order valence-electron chi connectivity index (χ4n) is 1.70. The zero-order valence-electron chi connectivity index (χ0n) is 10.1. The number of aliphatic hydroxyl groups is 1. The van der Waals surface area contributed by atoms with E-state index >= 15 is 0 Å². The molecule has 0 amide bonds. The molecule has 1 N–H and O–H groups in total. The molecule has 5 heteroatoms. The molecule has 0 heterocycles. The summed E-state index contributed by atoms with van der Waals surface area (Å²) < 4.78 is 11.0. The Balaban J connectivity index is 2.10. The Kier molecular flexibility index (Phi) is 4.24. The lowest BCUT2D eigenvalue weighted by Gasteiger charge is -2.27. The largest absolute Gasteiger partial charge is 0.489 e. The standard InChI is InChI=1S/C13H15BrO4/c1-17-13(16)12(15)8-5-6-11(10(14)7-8)18-9-3-2-4-9/h5-7,9,12,15H,2-4H2,1H3. The summed E-state index contributed by atoms with van der Waals surface area (Å²) in [6, 6.07) is 5.10. The summed E-state index contributed by atoms with van der Waals surface area (Å²) in [6.07, 6.45) is 2.40. The van der Waals surface area contributed by atoms with Crippen LogP contribution in [0.15, 0.2) is 22.7 Å². The molecule has 2 rings (SSSR count). The van der Waals surface area contributed by atoms with Gasteiger partial charge in [0.1, 0.15) is 5.75 Å². The Morgan fingerprint density at radius 1 is 1.50 bits per heavy atom. The first-order valence-corrected chi connectivity index (χ1v) is 6.63. The number of rotatable bonds is 4. The quantitative estimate of drug-likeness (QED) is 0.868. The summed E-state index contributed by atoms with van der Waals surface area (Å²) in [7, 11) is 1.24. The first-order valence-electron chi connectivity index (χ1n) is 5.84. The molecule has 1 fully saturated rings. The number of carbonyl (C=O) groups is 1. The van der Waals surface area contributed by atoms with Gasteiger partial charge in [-0.2, -0.15) is 0 Å². The van der Waals surface area contributed by atoms with E-state index in [4.69, 9.17) is 4.74 Å². The van der Waals surface area contributed by atoms with Crippen LogP contribution < -0.4 is 4.74 Å². The van der Waals surface area contributed by atoms with E-state index in [1.807, 2.05) is 0 Å². The van der Waals surface area contributed by atoms with E-state index in [9.17, 15) is 9.90 Å². The maximum absolute atomic E-state index is 11.2. The Labute approximate surface area is 114 Å². The zero-order valence-corrected chi connectivity index (χ0v) is 11.6. The molecule has 4 nitrogen and oxygen atoms in total. The van der Waals surface area contributed by atoms with Gasteiger partial charge in [0.15, 0.2) is 6.10 Å². The molecule has 1 unspecified atom stereocenters. The highest BCUT2D eigenvalue weighted by Crippen LogP contribution is 2.32. The molecule has 1 aliphatic rings. The summed E-state index contributed by atoms with van der Waals surface area (Å²) >= 11 is 3.38. The number of carbonyl (C=O) groups excluding carboxylic acids is 1. The van der Waals surface area contributed by atoms with Crippen LogP contribution in [0, 0.1) is 0 Å². The summed E-state index contributed by atoms with van der Waals surface area (Å²) in [5.74, 6) is 0.0649. The second-order valence-electron chi connectivity index (χ2n) is 4.29. The number of hydrogen-bond acceptors (Lipinski definition) is 4. The number of methoxy groups -OCH3 is 1. The molecule has 1 atom stereocenters. The van der Waals surface area contributed by atoms with Crippen LogP contribution in [0.5, 0.6) is 5.75 Å². The Morgan fingerprint density at radius 2 is 2.22 bits per heavy atom. The number of aliphatic hydroxyl groups excluding tert-OH is 1. The molecular weight excluding hydrogens is 300 g/mol. The molecule has 1 aromatic rings. The smallest absolute Gasteiger partial charge is 0.339 e. The molecule has 1 saturated carbocycles. The number of benzene rings is 1. The lowest BCUT2D eigenvalue weighted by atomic mass is 9.96. The van der Waals surface area contributed by atoms with Crippen molar-refractivity contribution < 1.29 is 19.4 Å². The average molecular weight is 315 g/mol. The lowest BCUT2D eigenvalue weighted by Crippen LogP contribution is -2.24. The molecule has 0 spiro atoms. The molecule has 0 aliphatic heterocycles. The van der Waals surface area contributed by atoms with Crippen LogP contribution in [0.1, 0.15) is 30.9 Å². The number of hydrogen-bond donors (Lipinski definition) is 1. The molecule has 98 valence electrons. The van der Waals surface area contributed by atoms with Gasteiger partial charge < -0.3 is 14.6 Å². The highest BCUT2D eigenvalue weighted by atomic mass is 79.9. The third-order valence-electron chi connectivity index (χ3n) is 3.04. The molecule has 1 aliphatic carbocycles. The van der Waals surface area contributed by atoms with Crippen LogP contribution in [0.4, 0.5) is 0 Å². The van der Waals surface area contributed by atoms with Crippen molar-refractivity contribution in [3.8, 4) is 5.75 Å². The van der Waals surface area contributed by atoms with Gasteiger partial charge in [0.05, 0.1) is 17.7 Å². The van der Waals surface area contributed by atoms with Crippen LogP contribution in [-0.4, -0.2) is 24.3 Å². The van der Waals surface area contributed by atoms with Gasteiger partial charge in [-0.1, -0.05) is 6.07 Å². The van der Waals surface area contributed by atoms with Crippen molar-refractivity contribution in [3.63, 3.8) is 0 Å². The Hall–Kier alpha value is -1.07. The second kappa shape index (κ2) is 5.71. The molecule has 0 saturated heterocycles. The monoisotopic (exact) mass is 314 g/mol. The molecular formula is C13H15BrO4. The van der Waals surface area contributed by atoms with Crippen LogP contribution >= 0.6 is 15.9 Å². The van der Waals surface area contributed by atoms with E-state index in [1.54, 1.807) is 18.2 Å². The normalized spacial score (nSPS) is 16.8. The van der Waals surface area contributed by atoms with Crippen molar-refractivity contribution in [2.45, 2.75) is 31.5 Å². The minimum absolute atomic E-state index is 0.290. The van der Waals surface area contributed by atoms with E-state index in [0.717, 1.165) is 23.1 Å². The predicted octanol–water partition coefficient (Wildman–Crippen LogP) is 2.59. The fourth-order valence-corrected chi connectivity index (χ4v) is 2.19. The Bertz CT molecular complexity index is 443. The number of esters is 1. The zero-order chi connectivity index (χ0) is 13.1. The van der Waals surface area contributed by atoms with Crippen LogP contribution in [0.2, 0.25) is 0 Å². The van der Waals surface area contributed by atoms with Crippen molar-refractivity contribution in [1.29, 1.82) is 0 Å². The second-order valence-corrected chi connectivity index (χ2v) is 5.14. The van der Waals surface area contributed by atoms with Gasteiger partial charge in [0, 0.05) is 0 Å². The third kappa shape index (κ3) is 2.84. The van der Waals surface area contributed by atoms with Crippen molar-refractivity contribution in [1.82, 2.24) is 0 Å². The van der Waals surface area contributed by atoms with Crippen molar-refractivity contribution in [2.24, 2.45) is 0 Å². The maximum Gasteiger partial charge on any atom is 0.339 e. The van der Waals surface area contributed by atoms with E-state index in [0.29, 0.717) is 5.56 Å². The van der Waals surface area contributed by atoms with Crippen LogP contribution in [-0.2, 0) is 9.53 Å². The molecule has 0 aromatic heterocycles. The van der Waals surface area contributed by atoms with Gasteiger partial charge in [-0.3, -0.25) is 0 Å². The third-order valence-corrected chi connectivity index (χ3v) is 3.66. The van der Waals surface area contributed by atoms with Gasteiger partial charge in [-0.25, -0.2) is 4.79 Å². The minimum atomic E-state index is -1.26. The summed E-state index contributed by atoms with van der Waals surface area (Å²) in [6.45, 7) is 0. The highest BCUT2D eigenvalue weighted by Gasteiger charge is 2.22. The van der Waals surface area contributed by atoms with Gasteiger partial charge in [0.25, 0.3) is 0 Å². The number of ether oxygens (including phenoxy) is 2. The maximum atomic E-state index is 11.2. The van der Waals surface area contributed by atoms with Gasteiger partial charge >= 0.3 is 5.97 Å². The van der Waals surface area contributed by atoms with Gasteiger partial charge in [-0.15, -0.1) is 0 Å². The lowest BCUT2D eigenvalue weighted by molar-refractivity contribution is -0.150. The first kappa shape index (κ1) is 13.4. The van der Waals surface area contributed by atoms with Crippen LogP contribution in [0.3, 0.4) is 0 Å². The minimum Gasteiger partial charge on any atom is -0.489 e. The fraction of sp³-hybridized carbons (Fsp3) is 0.462. The predicted molar refractivity (Wildman–Crippen MR) is 69.4 cm³/mol. The van der Waals surface area contributed by atoms with E-state index in [1.165, 1.54) is 13.5 Å². The Morgan fingerprint density at radius 3 is 2.72 bits per heavy atom. The van der Waals surface area contributed by atoms with Crippen molar-refractivity contribution in [3.05, 3.63) is 28.2 Å².